The van der Waals surface area contributed by atoms with E-state index in [0.717, 1.165) is 34.9 Å². The topological polar surface area (TPSA) is 100 Å². The summed E-state index contributed by atoms with van der Waals surface area (Å²) in [6, 6.07) is 15.0. The average Bonchev–Trinajstić information content (AvgIpc) is 3.29. The molecule has 0 saturated heterocycles. The van der Waals surface area contributed by atoms with Gasteiger partial charge in [0.25, 0.3) is 5.91 Å². The summed E-state index contributed by atoms with van der Waals surface area (Å²) in [5, 5.41) is 23.0. The maximum atomic E-state index is 13.9. The first kappa shape index (κ1) is 27.4. The minimum atomic E-state index is -1.27. The molecular formula is C29H35BrN2O5. The molecule has 0 unspecified atom stereocenters. The number of aliphatic imine (C=N–C) groups is 1. The molecule has 1 fully saturated rings. The van der Waals surface area contributed by atoms with E-state index in [1.165, 1.54) is 0 Å². The maximum absolute atomic E-state index is 13.9. The summed E-state index contributed by atoms with van der Waals surface area (Å²) in [4.78, 5) is 18.8. The third-order valence-electron chi connectivity index (χ3n) is 7.02. The van der Waals surface area contributed by atoms with Crippen LogP contribution in [0.3, 0.4) is 0 Å². The van der Waals surface area contributed by atoms with Gasteiger partial charge in [0, 0.05) is 36.0 Å². The maximum Gasteiger partial charge on any atom is 0.252 e. The van der Waals surface area contributed by atoms with Gasteiger partial charge in [-0.25, -0.2) is 4.99 Å². The molecule has 37 heavy (non-hydrogen) atoms. The van der Waals surface area contributed by atoms with Crippen molar-refractivity contribution < 1.29 is 24.5 Å². The number of rotatable bonds is 11. The van der Waals surface area contributed by atoms with Crippen molar-refractivity contribution in [2.24, 2.45) is 4.99 Å². The number of aliphatic hydroxyl groups is 2. The van der Waals surface area contributed by atoms with Crippen LogP contribution in [0.25, 0.3) is 0 Å². The van der Waals surface area contributed by atoms with Crippen LogP contribution in [0.15, 0.2) is 70.7 Å². The van der Waals surface area contributed by atoms with Crippen LogP contribution in [0.2, 0.25) is 0 Å². The molecule has 7 nitrogen and oxygen atoms in total. The van der Waals surface area contributed by atoms with E-state index in [2.05, 4.69) is 27.8 Å². The lowest BCUT2D eigenvalue weighted by atomic mass is 9.82. The third kappa shape index (κ3) is 6.43. The van der Waals surface area contributed by atoms with E-state index < -0.39 is 17.2 Å². The molecule has 8 heteroatoms. The summed E-state index contributed by atoms with van der Waals surface area (Å²) in [6.07, 6.45) is 6.21. The van der Waals surface area contributed by atoms with Crippen molar-refractivity contribution in [3.63, 3.8) is 0 Å². The lowest BCUT2D eigenvalue weighted by Crippen LogP contribution is -2.52. The fraction of sp³-hybridized carbons (Fsp3) is 0.448. The van der Waals surface area contributed by atoms with Crippen molar-refractivity contribution in [2.75, 3.05) is 19.8 Å². The van der Waals surface area contributed by atoms with Gasteiger partial charge in [-0.05, 0) is 54.8 Å². The Bertz CT molecular complexity index is 1100. The minimum Gasteiger partial charge on any atom is -0.494 e. The van der Waals surface area contributed by atoms with Gasteiger partial charge in [-0.15, -0.1) is 6.58 Å². The number of hydrogen-bond acceptors (Lipinski definition) is 6. The van der Waals surface area contributed by atoms with Crippen molar-refractivity contribution in [1.82, 2.24) is 5.32 Å². The van der Waals surface area contributed by atoms with Gasteiger partial charge in [0.05, 0.1) is 12.2 Å². The molecule has 1 aliphatic heterocycles. The summed E-state index contributed by atoms with van der Waals surface area (Å²) < 4.78 is 13.0. The summed E-state index contributed by atoms with van der Waals surface area (Å²) >= 11 is 3.48. The monoisotopic (exact) mass is 570 g/mol. The van der Waals surface area contributed by atoms with Crippen molar-refractivity contribution in [3.8, 4) is 5.75 Å². The highest BCUT2D eigenvalue weighted by molar-refractivity contribution is 9.10. The van der Waals surface area contributed by atoms with Gasteiger partial charge in [0.1, 0.15) is 5.75 Å². The molecule has 0 aromatic heterocycles. The normalized spacial score (nSPS) is 22.6. The second kappa shape index (κ2) is 12.2. The van der Waals surface area contributed by atoms with Crippen LogP contribution in [-0.2, 0) is 9.53 Å². The molecule has 0 radical (unpaired) electrons. The Labute approximate surface area is 226 Å². The van der Waals surface area contributed by atoms with Gasteiger partial charge < -0.3 is 25.0 Å². The summed E-state index contributed by atoms with van der Waals surface area (Å²) in [7, 11) is 0. The first-order chi connectivity index (χ1) is 17.9. The Kier molecular flexibility index (Phi) is 9.05. The number of aliphatic hydroxyl groups excluding tert-OH is 1. The van der Waals surface area contributed by atoms with Crippen LogP contribution < -0.4 is 10.1 Å². The molecular weight excluding hydrogens is 536 g/mol. The highest BCUT2D eigenvalue weighted by Crippen LogP contribution is 2.43. The van der Waals surface area contributed by atoms with Gasteiger partial charge in [0.15, 0.2) is 11.6 Å². The molecule has 2 atom stereocenters. The fourth-order valence-corrected chi connectivity index (χ4v) is 5.22. The number of carbonyl (C=O) groups is 1. The van der Waals surface area contributed by atoms with E-state index in [-0.39, 0.29) is 25.5 Å². The van der Waals surface area contributed by atoms with E-state index in [1.807, 2.05) is 48.5 Å². The van der Waals surface area contributed by atoms with Gasteiger partial charge in [-0.3, -0.25) is 4.79 Å². The summed E-state index contributed by atoms with van der Waals surface area (Å²) in [6.45, 7) is 4.59. The number of nitrogens with zero attached hydrogens (tertiary/aromatic N) is 1. The zero-order chi connectivity index (χ0) is 26.3. The van der Waals surface area contributed by atoms with E-state index in [0.29, 0.717) is 37.5 Å². The zero-order valence-corrected chi connectivity index (χ0v) is 22.6. The van der Waals surface area contributed by atoms with E-state index in [1.54, 1.807) is 6.08 Å². The number of amides is 1. The van der Waals surface area contributed by atoms with Crippen LogP contribution in [0.5, 0.6) is 5.75 Å². The largest absolute Gasteiger partial charge is 0.494 e. The predicted molar refractivity (Wildman–Crippen MR) is 147 cm³/mol. The number of hydrogen-bond donors (Lipinski definition) is 3. The van der Waals surface area contributed by atoms with Crippen molar-refractivity contribution >= 4 is 27.7 Å². The van der Waals surface area contributed by atoms with Gasteiger partial charge in [0.2, 0.25) is 5.90 Å². The van der Waals surface area contributed by atoms with E-state index >= 15 is 0 Å². The van der Waals surface area contributed by atoms with Crippen LogP contribution in [0.4, 0.5) is 0 Å². The molecule has 3 N–H and O–H groups in total. The Balaban J connectivity index is 1.64. The molecule has 198 valence electrons. The molecule has 0 spiro atoms. The highest BCUT2D eigenvalue weighted by Gasteiger charge is 2.52. The molecule has 1 amide bonds. The molecule has 0 bridgehead atoms. The van der Waals surface area contributed by atoms with Crippen molar-refractivity contribution in [3.05, 3.63) is 76.8 Å². The standard InChI is InChI=1S/C29H35BrN2O5/c1-2-15-29(27(34)31-20-28(35)16-4-3-5-17-28)25(21-7-11-23(30)12-8-21)37-26(32-29)22-9-13-24(14-10-22)36-19-6-18-33/h2,7-14,25,33,35H,1,3-6,15-20H2,(H,31,34)/t25-,29-/m1/s1. The summed E-state index contributed by atoms with van der Waals surface area (Å²) in [5.74, 6) is 0.748. The number of halogens is 1. The average molecular weight is 572 g/mol. The Morgan fingerprint density at radius 3 is 2.51 bits per heavy atom. The molecule has 2 aliphatic rings. The number of nitrogens with one attached hydrogen (secondary N) is 1. The van der Waals surface area contributed by atoms with Crippen molar-refractivity contribution in [1.29, 1.82) is 0 Å². The molecule has 2 aromatic rings. The fourth-order valence-electron chi connectivity index (χ4n) is 4.96. The lowest BCUT2D eigenvalue weighted by Gasteiger charge is -2.34. The zero-order valence-electron chi connectivity index (χ0n) is 21.0. The SMILES string of the molecule is C=CC[C@@]1(C(=O)NCC2(O)CCCCC2)N=C(c2ccc(OCCCO)cc2)O[C@@H]1c1ccc(Br)cc1. The first-order valence-corrected chi connectivity index (χ1v) is 13.7. The second-order valence-corrected chi connectivity index (χ2v) is 10.7. The minimum absolute atomic E-state index is 0.0744. The summed E-state index contributed by atoms with van der Waals surface area (Å²) in [5.41, 5.74) is -0.624. The number of benzene rings is 2. The molecule has 1 heterocycles. The second-order valence-electron chi connectivity index (χ2n) is 9.80. The van der Waals surface area contributed by atoms with Crippen LogP contribution >= 0.6 is 15.9 Å². The van der Waals surface area contributed by atoms with Crippen molar-refractivity contribution in [2.45, 2.75) is 62.2 Å². The molecule has 1 saturated carbocycles. The van der Waals surface area contributed by atoms with Gasteiger partial charge in [-0.2, -0.15) is 0 Å². The van der Waals surface area contributed by atoms with E-state index in [9.17, 15) is 9.90 Å². The van der Waals surface area contributed by atoms with Gasteiger partial charge in [-0.1, -0.05) is 53.4 Å². The van der Waals surface area contributed by atoms with Crippen LogP contribution in [0, 0.1) is 0 Å². The van der Waals surface area contributed by atoms with Crippen LogP contribution in [-0.4, -0.2) is 52.9 Å². The quantitative estimate of drug-likeness (QED) is 0.265. The first-order valence-electron chi connectivity index (χ1n) is 12.9. The highest BCUT2D eigenvalue weighted by atomic mass is 79.9. The lowest BCUT2D eigenvalue weighted by molar-refractivity contribution is -0.130. The smallest absolute Gasteiger partial charge is 0.252 e. The van der Waals surface area contributed by atoms with E-state index in [4.69, 9.17) is 19.6 Å². The molecule has 4 rings (SSSR count). The molecule has 1 aliphatic carbocycles. The Morgan fingerprint density at radius 2 is 1.86 bits per heavy atom. The Morgan fingerprint density at radius 1 is 1.16 bits per heavy atom. The van der Waals surface area contributed by atoms with Gasteiger partial charge >= 0.3 is 0 Å². The van der Waals surface area contributed by atoms with Crippen LogP contribution in [0.1, 0.15) is 62.2 Å². The predicted octanol–water partition coefficient (Wildman–Crippen LogP) is 4.85. The number of carbonyl (C=O) groups excluding carboxylic acids is 1. The Hall–Kier alpha value is -2.68. The molecule has 2 aromatic carbocycles. The third-order valence-corrected chi connectivity index (χ3v) is 7.55. The number of ether oxygens (including phenoxy) is 2.